The van der Waals surface area contributed by atoms with E-state index in [9.17, 15) is 18.8 Å². The number of hydrogen-bond donors (Lipinski definition) is 1. The Labute approximate surface area is 207 Å². The molecule has 0 unspecified atom stereocenters. The number of Topliss-reactive ketones (excluding diaryl/α,β-unsaturated/α-hetero) is 1. The molecule has 8 heteroatoms. The van der Waals surface area contributed by atoms with Crippen molar-refractivity contribution in [1.82, 2.24) is 0 Å². The van der Waals surface area contributed by atoms with E-state index in [4.69, 9.17) is 0 Å². The average Bonchev–Trinajstić information content (AvgIpc) is 3.13. The summed E-state index contributed by atoms with van der Waals surface area (Å²) >= 11 is 1.18. The summed E-state index contributed by atoms with van der Waals surface area (Å²) in [6.45, 7) is 1.94. The summed E-state index contributed by atoms with van der Waals surface area (Å²) in [6.07, 6.45) is 0.739. The predicted molar refractivity (Wildman–Crippen MR) is 137 cm³/mol. The van der Waals surface area contributed by atoms with Crippen molar-refractivity contribution in [3.05, 3.63) is 95.8 Å². The lowest BCUT2D eigenvalue weighted by atomic mass is 10.1. The summed E-state index contributed by atoms with van der Waals surface area (Å²) in [5, 5.41) is 2.98. The highest BCUT2D eigenvalue weighted by molar-refractivity contribution is 8.15. The smallest absolute Gasteiger partial charge is 0.247 e. The van der Waals surface area contributed by atoms with Crippen LogP contribution in [0.25, 0.3) is 0 Å². The number of carbonyl (C=O) groups is 3. The van der Waals surface area contributed by atoms with Gasteiger partial charge in [0.25, 0.3) is 0 Å². The van der Waals surface area contributed by atoms with E-state index in [1.807, 2.05) is 30.3 Å². The van der Waals surface area contributed by atoms with Gasteiger partial charge >= 0.3 is 0 Å². The van der Waals surface area contributed by atoms with Crippen molar-refractivity contribution >= 4 is 45.9 Å². The number of benzene rings is 3. The van der Waals surface area contributed by atoms with Crippen molar-refractivity contribution in [3.8, 4) is 0 Å². The number of rotatable bonds is 7. The minimum atomic E-state index is -0.654. The third-order valence-electron chi connectivity index (χ3n) is 5.49. The van der Waals surface area contributed by atoms with E-state index in [1.54, 1.807) is 36.4 Å². The van der Waals surface area contributed by atoms with E-state index in [1.165, 1.54) is 30.8 Å². The highest BCUT2D eigenvalue weighted by atomic mass is 32.2. The molecule has 1 fully saturated rings. The fraction of sp³-hybridized carbons (Fsp3) is 0.185. The molecule has 0 radical (unpaired) electrons. The molecule has 6 nitrogen and oxygen atoms in total. The molecule has 1 saturated heterocycles. The number of carbonyl (C=O) groups excluding carboxylic acids is 3. The van der Waals surface area contributed by atoms with Gasteiger partial charge < -0.3 is 5.32 Å². The second kappa shape index (κ2) is 11.1. The van der Waals surface area contributed by atoms with Crippen molar-refractivity contribution in [3.63, 3.8) is 0 Å². The van der Waals surface area contributed by atoms with E-state index in [0.717, 1.165) is 10.5 Å². The van der Waals surface area contributed by atoms with Gasteiger partial charge in [-0.2, -0.15) is 0 Å². The standard InChI is InChI=1S/C27H24FN3O3S/c1-18(32)20-7-13-23(14-8-20)31-25(33)17-24(26(31)34)35-27(30-22-11-9-21(28)10-12-22)29-16-15-19-5-3-2-4-6-19/h2-14,24H,15-17H2,1H3,(H,29,30)/t24-/m1/s1. The number of nitrogens with one attached hydrogen (secondary N) is 1. The second-order valence-electron chi connectivity index (χ2n) is 8.04. The van der Waals surface area contributed by atoms with Gasteiger partial charge in [0.1, 0.15) is 11.1 Å². The topological polar surface area (TPSA) is 78.8 Å². The number of aliphatic imine (C=N–C) groups is 1. The van der Waals surface area contributed by atoms with Gasteiger partial charge in [0, 0.05) is 24.2 Å². The van der Waals surface area contributed by atoms with Crippen LogP contribution < -0.4 is 10.2 Å². The Morgan fingerprint density at radius 1 is 1.03 bits per heavy atom. The molecular weight excluding hydrogens is 465 g/mol. The number of hydrogen-bond acceptors (Lipinski definition) is 5. The minimum absolute atomic E-state index is 0.0285. The molecule has 35 heavy (non-hydrogen) atoms. The largest absolute Gasteiger partial charge is 0.335 e. The number of nitrogens with zero attached hydrogens (tertiary/aromatic N) is 2. The van der Waals surface area contributed by atoms with Crippen LogP contribution in [-0.2, 0) is 16.0 Å². The maximum Gasteiger partial charge on any atom is 0.247 e. The first-order valence-corrected chi connectivity index (χ1v) is 12.0. The van der Waals surface area contributed by atoms with Gasteiger partial charge in [-0.05, 0) is 67.4 Å². The van der Waals surface area contributed by atoms with E-state index in [0.29, 0.717) is 35.1 Å². The molecule has 3 aromatic carbocycles. The molecule has 0 aliphatic carbocycles. The summed E-state index contributed by atoms with van der Waals surface area (Å²) in [7, 11) is 0. The lowest BCUT2D eigenvalue weighted by molar-refractivity contribution is -0.121. The monoisotopic (exact) mass is 489 g/mol. The van der Waals surface area contributed by atoms with Crippen LogP contribution in [0.4, 0.5) is 15.8 Å². The Morgan fingerprint density at radius 2 is 1.71 bits per heavy atom. The Morgan fingerprint density at radius 3 is 2.37 bits per heavy atom. The minimum Gasteiger partial charge on any atom is -0.335 e. The first kappa shape index (κ1) is 24.3. The number of imide groups is 1. The van der Waals surface area contributed by atoms with Crippen LogP contribution in [0.15, 0.2) is 83.9 Å². The van der Waals surface area contributed by atoms with E-state index < -0.39 is 5.25 Å². The van der Waals surface area contributed by atoms with Crippen LogP contribution in [0.5, 0.6) is 0 Å². The molecule has 1 N–H and O–H groups in total. The number of halogens is 1. The molecule has 0 bridgehead atoms. The van der Waals surface area contributed by atoms with Gasteiger partial charge in [0.15, 0.2) is 11.0 Å². The van der Waals surface area contributed by atoms with E-state index >= 15 is 0 Å². The van der Waals surface area contributed by atoms with E-state index in [2.05, 4.69) is 10.3 Å². The van der Waals surface area contributed by atoms with Crippen molar-refractivity contribution in [2.45, 2.75) is 25.0 Å². The van der Waals surface area contributed by atoms with Gasteiger partial charge in [-0.1, -0.05) is 42.1 Å². The normalized spacial score (nSPS) is 16.0. The Kier molecular flexibility index (Phi) is 7.72. The van der Waals surface area contributed by atoms with Crippen molar-refractivity contribution in [2.75, 3.05) is 16.8 Å². The summed E-state index contributed by atoms with van der Waals surface area (Å²) in [5.74, 6) is -1.10. The van der Waals surface area contributed by atoms with Gasteiger partial charge in [-0.15, -0.1) is 0 Å². The number of anilines is 2. The molecule has 3 aromatic rings. The second-order valence-corrected chi connectivity index (χ2v) is 9.23. The quantitative estimate of drug-likeness (QED) is 0.216. The summed E-state index contributed by atoms with van der Waals surface area (Å²) in [6, 6.07) is 22.2. The highest BCUT2D eigenvalue weighted by Gasteiger charge is 2.40. The molecule has 2 amide bonds. The number of amidine groups is 1. The number of amides is 2. The Bertz CT molecular complexity index is 1240. The lowest BCUT2D eigenvalue weighted by Crippen LogP contribution is -2.31. The van der Waals surface area contributed by atoms with Crippen LogP contribution in [0.1, 0.15) is 29.3 Å². The van der Waals surface area contributed by atoms with Crippen molar-refractivity contribution in [2.24, 2.45) is 4.99 Å². The highest BCUT2D eigenvalue weighted by Crippen LogP contribution is 2.31. The molecule has 0 spiro atoms. The van der Waals surface area contributed by atoms with Crippen molar-refractivity contribution < 1.29 is 18.8 Å². The summed E-state index contributed by atoms with van der Waals surface area (Å²) < 4.78 is 13.3. The zero-order valence-electron chi connectivity index (χ0n) is 19.1. The molecule has 178 valence electrons. The number of thioether (sulfide) groups is 1. The molecule has 0 saturated carbocycles. The molecule has 4 rings (SSSR count). The predicted octanol–water partition coefficient (Wildman–Crippen LogP) is 5.10. The van der Waals surface area contributed by atoms with Crippen LogP contribution in [0.2, 0.25) is 0 Å². The number of ketones is 1. The molecular formula is C27H24FN3O3S. The maximum absolute atomic E-state index is 13.3. The molecule has 1 aliphatic heterocycles. The van der Waals surface area contributed by atoms with Crippen LogP contribution in [0.3, 0.4) is 0 Å². The fourth-order valence-corrected chi connectivity index (χ4v) is 4.69. The van der Waals surface area contributed by atoms with Crippen LogP contribution >= 0.6 is 11.8 Å². The maximum atomic E-state index is 13.3. The Balaban J connectivity index is 1.50. The lowest BCUT2D eigenvalue weighted by Gasteiger charge is -2.16. The van der Waals surface area contributed by atoms with Crippen LogP contribution in [-0.4, -0.2) is 34.6 Å². The van der Waals surface area contributed by atoms with Gasteiger partial charge in [-0.3, -0.25) is 19.4 Å². The van der Waals surface area contributed by atoms with Crippen molar-refractivity contribution in [1.29, 1.82) is 0 Å². The molecule has 1 heterocycles. The fourth-order valence-electron chi connectivity index (χ4n) is 3.64. The average molecular weight is 490 g/mol. The Hall–Kier alpha value is -3.78. The SMILES string of the molecule is CC(=O)c1ccc(N2C(=O)C[C@@H](SC(=NCCc3ccccc3)Nc3ccc(F)cc3)C2=O)cc1. The zero-order valence-corrected chi connectivity index (χ0v) is 19.9. The summed E-state index contributed by atoms with van der Waals surface area (Å²) in [4.78, 5) is 43.2. The zero-order chi connectivity index (χ0) is 24.8. The van der Waals surface area contributed by atoms with E-state index in [-0.39, 0.29) is 29.8 Å². The molecule has 0 aromatic heterocycles. The third-order valence-corrected chi connectivity index (χ3v) is 6.59. The van der Waals surface area contributed by atoms with Gasteiger partial charge in [0.05, 0.1) is 5.69 Å². The van der Waals surface area contributed by atoms with Crippen LogP contribution in [0, 0.1) is 5.82 Å². The van der Waals surface area contributed by atoms with Gasteiger partial charge in [-0.25, -0.2) is 9.29 Å². The molecule has 1 aliphatic rings. The molecule has 1 atom stereocenters. The first-order chi connectivity index (χ1) is 16.9. The third kappa shape index (κ3) is 6.22. The first-order valence-electron chi connectivity index (χ1n) is 11.2. The summed E-state index contributed by atoms with van der Waals surface area (Å²) in [5.41, 5.74) is 2.71. The van der Waals surface area contributed by atoms with Gasteiger partial charge in [0.2, 0.25) is 11.8 Å².